The van der Waals surface area contributed by atoms with E-state index in [1.807, 2.05) is 0 Å². The molecule has 0 bridgehead atoms. The second-order valence-corrected chi connectivity index (χ2v) is 6.27. The van der Waals surface area contributed by atoms with Gasteiger partial charge >= 0.3 is 0 Å². The minimum atomic E-state index is -0.334. The van der Waals surface area contributed by atoms with Crippen LogP contribution in [0, 0.1) is 11.8 Å². The number of rotatable bonds is 1. The van der Waals surface area contributed by atoms with Gasteiger partial charge in [-0.25, -0.2) is 0 Å². The smallest absolute Gasteiger partial charge is 0.210 e. The Morgan fingerprint density at radius 2 is 2.21 bits per heavy atom. The molecule has 4 rings (SSSR count). The molecule has 0 amide bonds. The fraction of sp³-hybridized carbons (Fsp3) is 0.688. The quantitative estimate of drug-likeness (QED) is 0.680. The Labute approximate surface area is 113 Å². The van der Waals surface area contributed by atoms with E-state index in [9.17, 15) is 4.79 Å². The maximum atomic E-state index is 11.2. The summed E-state index contributed by atoms with van der Waals surface area (Å²) in [6.45, 7) is 0.826. The molecule has 2 saturated heterocycles. The van der Waals surface area contributed by atoms with Gasteiger partial charge in [0, 0.05) is 18.8 Å². The van der Waals surface area contributed by atoms with Gasteiger partial charge < -0.3 is 9.47 Å². The highest BCUT2D eigenvalue weighted by Crippen LogP contribution is 2.55. The topological polar surface area (TPSA) is 35.5 Å². The fourth-order valence-electron chi connectivity index (χ4n) is 4.26. The molecule has 4 aliphatic rings. The van der Waals surface area contributed by atoms with Crippen molar-refractivity contribution in [3.63, 3.8) is 0 Å². The summed E-state index contributed by atoms with van der Waals surface area (Å²) < 4.78 is 12.1. The fourth-order valence-corrected chi connectivity index (χ4v) is 4.26. The van der Waals surface area contributed by atoms with Crippen LogP contribution in [0.1, 0.15) is 44.9 Å². The Hall–Kier alpha value is -1.09. The van der Waals surface area contributed by atoms with Crippen LogP contribution in [0.15, 0.2) is 23.0 Å². The molecule has 0 aromatic heterocycles. The summed E-state index contributed by atoms with van der Waals surface area (Å²) in [6.07, 6.45) is 10.8. The van der Waals surface area contributed by atoms with Crippen molar-refractivity contribution in [1.29, 1.82) is 0 Å². The van der Waals surface area contributed by atoms with E-state index in [1.54, 1.807) is 0 Å². The van der Waals surface area contributed by atoms with Gasteiger partial charge in [0.1, 0.15) is 12.0 Å². The molecule has 19 heavy (non-hydrogen) atoms. The molecule has 3 nitrogen and oxygen atoms in total. The summed E-state index contributed by atoms with van der Waals surface area (Å²) >= 11 is 0. The molecule has 3 atom stereocenters. The van der Waals surface area contributed by atoms with Crippen molar-refractivity contribution in [2.45, 2.75) is 50.7 Å². The number of carbonyl (C=O) groups excluding carboxylic acids is 1. The Bertz CT molecular complexity index is 468. The Balaban J connectivity index is 1.66. The van der Waals surface area contributed by atoms with E-state index in [-0.39, 0.29) is 5.79 Å². The van der Waals surface area contributed by atoms with Crippen molar-refractivity contribution in [2.75, 3.05) is 6.61 Å². The van der Waals surface area contributed by atoms with Crippen molar-refractivity contribution in [2.24, 2.45) is 11.8 Å². The van der Waals surface area contributed by atoms with Gasteiger partial charge in [-0.15, -0.1) is 0 Å². The summed E-state index contributed by atoms with van der Waals surface area (Å²) in [4.78, 5) is 11.2. The maximum Gasteiger partial charge on any atom is 0.210 e. The van der Waals surface area contributed by atoms with Crippen LogP contribution in [0.5, 0.6) is 0 Å². The van der Waals surface area contributed by atoms with E-state index in [0.29, 0.717) is 11.8 Å². The van der Waals surface area contributed by atoms with Crippen LogP contribution in [-0.4, -0.2) is 18.7 Å². The number of aldehydes is 1. The first-order valence-corrected chi connectivity index (χ1v) is 7.54. The Morgan fingerprint density at radius 3 is 3.00 bits per heavy atom. The number of hydrogen-bond donors (Lipinski definition) is 0. The zero-order valence-corrected chi connectivity index (χ0v) is 11.2. The highest BCUT2D eigenvalue weighted by molar-refractivity contribution is 5.76. The second-order valence-electron chi connectivity index (χ2n) is 6.27. The molecule has 0 saturated carbocycles. The van der Waals surface area contributed by atoms with E-state index in [0.717, 1.165) is 56.3 Å². The van der Waals surface area contributed by atoms with Gasteiger partial charge in [-0.3, -0.25) is 4.79 Å². The summed E-state index contributed by atoms with van der Waals surface area (Å²) in [5.41, 5.74) is 2.26. The molecule has 2 heterocycles. The van der Waals surface area contributed by atoms with Crippen LogP contribution in [0.2, 0.25) is 0 Å². The van der Waals surface area contributed by atoms with Crippen LogP contribution < -0.4 is 0 Å². The monoisotopic (exact) mass is 260 g/mol. The standard InChI is InChI=1S/C16H20O3/c17-10-11-4-3-5-12-13(11)8-15-14(12)9-16(19-15)6-1-2-7-18-16/h8,10,12,14H,1-7,9H2. The number of carbonyl (C=O) groups is 1. The minimum absolute atomic E-state index is 0.334. The average Bonchev–Trinajstić information content (AvgIpc) is 2.93. The lowest BCUT2D eigenvalue weighted by Crippen LogP contribution is -2.36. The van der Waals surface area contributed by atoms with Crippen LogP contribution in [0.25, 0.3) is 0 Å². The first-order valence-electron chi connectivity index (χ1n) is 7.54. The lowest BCUT2D eigenvalue weighted by atomic mass is 9.78. The third-order valence-electron chi connectivity index (χ3n) is 5.17. The third kappa shape index (κ3) is 1.71. The summed E-state index contributed by atoms with van der Waals surface area (Å²) in [5.74, 6) is 1.72. The molecule has 0 radical (unpaired) electrons. The zero-order chi connectivity index (χ0) is 12.9. The molecule has 3 unspecified atom stereocenters. The third-order valence-corrected chi connectivity index (χ3v) is 5.17. The van der Waals surface area contributed by atoms with Crippen LogP contribution in [-0.2, 0) is 14.3 Å². The van der Waals surface area contributed by atoms with Crippen molar-refractivity contribution in [3.05, 3.63) is 23.0 Å². The number of allylic oxidation sites excluding steroid dienone is 4. The van der Waals surface area contributed by atoms with Gasteiger partial charge in [0.25, 0.3) is 0 Å². The maximum absolute atomic E-state index is 11.2. The number of fused-ring (bicyclic) bond motifs is 3. The summed E-state index contributed by atoms with van der Waals surface area (Å²) in [7, 11) is 0. The van der Waals surface area contributed by atoms with Gasteiger partial charge in [0.05, 0.1) is 6.61 Å². The van der Waals surface area contributed by atoms with E-state index < -0.39 is 0 Å². The molecule has 2 aliphatic heterocycles. The molecule has 102 valence electrons. The highest BCUT2D eigenvalue weighted by atomic mass is 16.7. The normalized spacial score (nSPS) is 40.7. The first-order chi connectivity index (χ1) is 9.31. The second kappa shape index (κ2) is 4.20. The van der Waals surface area contributed by atoms with Gasteiger partial charge in [0.15, 0.2) is 0 Å². The summed E-state index contributed by atoms with van der Waals surface area (Å²) in [6, 6.07) is 0. The Kier molecular flexibility index (Phi) is 2.59. The van der Waals surface area contributed by atoms with Crippen molar-refractivity contribution in [1.82, 2.24) is 0 Å². The lowest BCUT2D eigenvalue weighted by molar-refractivity contribution is -0.217. The van der Waals surface area contributed by atoms with Crippen molar-refractivity contribution in [3.8, 4) is 0 Å². The molecule has 0 aromatic carbocycles. The number of ether oxygens (including phenoxy) is 2. The SMILES string of the molecule is O=CC1=C2C=C3OC4(CCCCO4)CC3C2CCC1. The number of hydrogen-bond acceptors (Lipinski definition) is 3. The molecule has 3 heteroatoms. The molecule has 0 aromatic rings. The lowest BCUT2D eigenvalue weighted by Gasteiger charge is -2.33. The van der Waals surface area contributed by atoms with Crippen molar-refractivity contribution < 1.29 is 14.3 Å². The predicted molar refractivity (Wildman–Crippen MR) is 70.2 cm³/mol. The van der Waals surface area contributed by atoms with Crippen LogP contribution in [0.4, 0.5) is 0 Å². The molecular formula is C16H20O3. The zero-order valence-electron chi connectivity index (χ0n) is 11.2. The molecule has 2 fully saturated rings. The van der Waals surface area contributed by atoms with Gasteiger partial charge in [0.2, 0.25) is 5.79 Å². The van der Waals surface area contributed by atoms with E-state index in [1.165, 1.54) is 18.4 Å². The van der Waals surface area contributed by atoms with Crippen LogP contribution in [0.3, 0.4) is 0 Å². The molecule has 0 N–H and O–H groups in total. The predicted octanol–water partition coefficient (Wildman–Crippen LogP) is 3.11. The molecule has 1 spiro atoms. The minimum Gasteiger partial charge on any atom is -0.466 e. The van der Waals surface area contributed by atoms with E-state index >= 15 is 0 Å². The van der Waals surface area contributed by atoms with Gasteiger partial charge in [-0.1, -0.05) is 0 Å². The Morgan fingerprint density at radius 1 is 1.26 bits per heavy atom. The van der Waals surface area contributed by atoms with Crippen molar-refractivity contribution >= 4 is 6.29 Å². The van der Waals surface area contributed by atoms with E-state index in [4.69, 9.17) is 9.47 Å². The van der Waals surface area contributed by atoms with Gasteiger partial charge in [-0.2, -0.15) is 0 Å². The highest BCUT2D eigenvalue weighted by Gasteiger charge is 2.52. The summed E-state index contributed by atoms with van der Waals surface area (Å²) in [5, 5.41) is 0. The average molecular weight is 260 g/mol. The molecular weight excluding hydrogens is 240 g/mol. The molecule has 2 aliphatic carbocycles. The van der Waals surface area contributed by atoms with Gasteiger partial charge in [-0.05, 0) is 55.2 Å². The first kappa shape index (κ1) is 11.7. The van der Waals surface area contributed by atoms with E-state index in [2.05, 4.69) is 6.08 Å². The van der Waals surface area contributed by atoms with Crippen LogP contribution >= 0.6 is 0 Å². The largest absolute Gasteiger partial charge is 0.466 e.